The van der Waals surface area contributed by atoms with Gasteiger partial charge in [0.1, 0.15) is 0 Å². The Hall–Kier alpha value is -1.27. The summed E-state index contributed by atoms with van der Waals surface area (Å²) in [6.45, 7) is 3.54. The Morgan fingerprint density at radius 3 is 2.84 bits per heavy atom. The quantitative estimate of drug-likeness (QED) is 0.886. The zero-order valence-corrected chi connectivity index (χ0v) is 15.4. The molecule has 1 unspecified atom stereocenters. The maximum Gasteiger partial charge on any atom is 0.0945 e. The lowest BCUT2D eigenvalue weighted by Gasteiger charge is -2.43. The fourth-order valence-corrected chi connectivity index (χ4v) is 4.65. The van der Waals surface area contributed by atoms with Crippen LogP contribution in [0.2, 0.25) is 0 Å². The molecule has 2 fully saturated rings. The minimum Gasteiger partial charge on any atom is -0.381 e. The molecule has 1 atom stereocenters. The van der Waals surface area contributed by atoms with E-state index in [2.05, 4.69) is 35.0 Å². The highest BCUT2D eigenvalue weighted by Gasteiger charge is 2.38. The second kappa shape index (κ2) is 7.96. The average molecular weight is 359 g/mol. The van der Waals surface area contributed by atoms with Crippen LogP contribution in [0.4, 0.5) is 0 Å². The third-order valence-corrected chi connectivity index (χ3v) is 6.20. The number of hydrogen-bond donors (Lipinski definition) is 1. The van der Waals surface area contributed by atoms with Crippen molar-refractivity contribution in [3.05, 3.63) is 40.7 Å². The van der Waals surface area contributed by atoms with Crippen LogP contribution in [0.5, 0.6) is 0 Å². The highest BCUT2D eigenvalue weighted by Crippen LogP contribution is 2.34. The van der Waals surface area contributed by atoms with Crippen LogP contribution in [-0.2, 0) is 15.9 Å². The minimum atomic E-state index is 0.0653. The second-order valence-electron chi connectivity index (χ2n) is 7.03. The van der Waals surface area contributed by atoms with E-state index in [-0.39, 0.29) is 5.60 Å². The lowest BCUT2D eigenvalue weighted by atomic mass is 9.84. The summed E-state index contributed by atoms with van der Waals surface area (Å²) in [4.78, 5) is 4.78. The van der Waals surface area contributed by atoms with E-state index in [0.29, 0.717) is 6.04 Å². The molecule has 5 heteroatoms. The van der Waals surface area contributed by atoms with Gasteiger partial charge in [0.05, 0.1) is 16.3 Å². The molecular weight excluding hydrogens is 332 g/mol. The number of aromatic nitrogens is 1. The maximum absolute atomic E-state index is 6.12. The van der Waals surface area contributed by atoms with Crippen LogP contribution >= 0.6 is 11.3 Å². The summed E-state index contributed by atoms with van der Waals surface area (Å²) in [6, 6.07) is 11.0. The molecule has 4 nitrogen and oxygen atoms in total. The van der Waals surface area contributed by atoms with Crippen LogP contribution < -0.4 is 5.32 Å². The second-order valence-corrected chi connectivity index (χ2v) is 7.97. The molecule has 0 saturated carbocycles. The van der Waals surface area contributed by atoms with Gasteiger partial charge in [-0.3, -0.25) is 0 Å². The van der Waals surface area contributed by atoms with E-state index in [0.717, 1.165) is 64.2 Å². The summed E-state index contributed by atoms with van der Waals surface area (Å²) in [5.74, 6) is 0. The van der Waals surface area contributed by atoms with Crippen LogP contribution in [0.15, 0.2) is 35.7 Å². The predicted molar refractivity (Wildman–Crippen MR) is 101 cm³/mol. The third kappa shape index (κ3) is 4.29. The molecule has 25 heavy (non-hydrogen) atoms. The molecule has 1 spiro atoms. The number of nitrogens with zero attached hydrogens (tertiary/aromatic N) is 1. The number of rotatable bonds is 5. The van der Waals surface area contributed by atoms with Crippen molar-refractivity contribution in [3.8, 4) is 11.3 Å². The SMILES string of the molecule is c1ccc(-c2csc(CCNC3CCOC4(CCOCC4)C3)n2)cc1. The van der Waals surface area contributed by atoms with Crippen molar-refractivity contribution >= 4 is 11.3 Å². The molecule has 3 heterocycles. The van der Waals surface area contributed by atoms with Crippen LogP contribution in [0, 0.1) is 0 Å². The molecule has 2 saturated heterocycles. The Morgan fingerprint density at radius 2 is 2.00 bits per heavy atom. The van der Waals surface area contributed by atoms with Gasteiger partial charge in [0.15, 0.2) is 0 Å². The van der Waals surface area contributed by atoms with Gasteiger partial charge in [-0.25, -0.2) is 4.98 Å². The summed E-state index contributed by atoms with van der Waals surface area (Å²) < 4.78 is 11.6. The van der Waals surface area contributed by atoms with E-state index < -0.39 is 0 Å². The first-order valence-electron chi connectivity index (χ1n) is 9.28. The third-order valence-electron chi connectivity index (χ3n) is 5.29. The highest BCUT2D eigenvalue weighted by atomic mass is 32.1. The van der Waals surface area contributed by atoms with Crippen molar-refractivity contribution in [3.63, 3.8) is 0 Å². The lowest BCUT2D eigenvalue weighted by Crippen LogP contribution is -2.50. The zero-order valence-electron chi connectivity index (χ0n) is 14.6. The van der Waals surface area contributed by atoms with Crippen LogP contribution in [0.1, 0.15) is 30.7 Å². The van der Waals surface area contributed by atoms with Gasteiger partial charge in [-0.1, -0.05) is 30.3 Å². The van der Waals surface area contributed by atoms with Crippen LogP contribution in [-0.4, -0.2) is 43.0 Å². The molecule has 0 aliphatic carbocycles. The van der Waals surface area contributed by atoms with Crippen LogP contribution in [0.25, 0.3) is 11.3 Å². The smallest absolute Gasteiger partial charge is 0.0945 e. The van der Waals surface area contributed by atoms with E-state index in [9.17, 15) is 0 Å². The van der Waals surface area contributed by atoms with Gasteiger partial charge in [0.2, 0.25) is 0 Å². The van der Waals surface area contributed by atoms with E-state index in [1.165, 1.54) is 10.6 Å². The first-order chi connectivity index (χ1) is 12.3. The Labute approximate surface area is 153 Å². The molecule has 0 amide bonds. The van der Waals surface area contributed by atoms with Crippen molar-refractivity contribution < 1.29 is 9.47 Å². The molecule has 1 aromatic heterocycles. The normalized spacial score (nSPS) is 23.0. The number of thiazole rings is 1. The fourth-order valence-electron chi connectivity index (χ4n) is 3.84. The largest absolute Gasteiger partial charge is 0.381 e. The fraction of sp³-hybridized carbons (Fsp3) is 0.550. The minimum absolute atomic E-state index is 0.0653. The van der Waals surface area contributed by atoms with E-state index >= 15 is 0 Å². The Morgan fingerprint density at radius 1 is 1.16 bits per heavy atom. The summed E-state index contributed by atoms with van der Waals surface area (Å²) in [5, 5.41) is 7.11. The van der Waals surface area contributed by atoms with Crippen molar-refractivity contribution in [1.82, 2.24) is 10.3 Å². The molecule has 4 rings (SSSR count). The monoisotopic (exact) mass is 358 g/mol. The van der Waals surface area contributed by atoms with E-state index in [1.54, 1.807) is 11.3 Å². The van der Waals surface area contributed by atoms with Gasteiger partial charge in [-0.15, -0.1) is 11.3 Å². The first kappa shape index (κ1) is 17.2. The van der Waals surface area contributed by atoms with Crippen molar-refractivity contribution in [2.75, 3.05) is 26.4 Å². The molecule has 1 N–H and O–H groups in total. The summed E-state index contributed by atoms with van der Waals surface area (Å²) in [6.07, 6.45) is 5.29. The number of ether oxygens (including phenoxy) is 2. The highest BCUT2D eigenvalue weighted by molar-refractivity contribution is 7.09. The zero-order chi connectivity index (χ0) is 17.0. The molecule has 2 aliphatic heterocycles. The Bertz CT molecular complexity index is 662. The van der Waals surface area contributed by atoms with Gasteiger partial charge < -0.3 is 14.8 Å². The molecule has 2 aromatic rings. The molecular formula is C20H26N2O2S. The van der Waals surface area contributed by atoms with Gasteiger partial charge in [0.25, 0.3) is 0 Å². The van der Waals surface area contributed by atoms with E-state index in [1.807, 2.05) is 6.07 Å². The van der Waals surface area contributed by atoms with Gasteiger partial charge in [-0.05, 0) is 25.7 Å². The van der Waals surface area contributed by atoms with Crippen LogP contribution in [0.3, 0.4) is 0 Å². The summed E-state index contributed by atoms with van der Waals surface area (Å²) in [5.41, 5.74) is 2.35. The molecule has 1 aromatic carbocycles. The Balaban J connectivity index is 1.27. The van der Waals surface area contributed by atoms with Crippen molar-refractivity contribution in [1.29, 1.82) is 0 Å². The topological polar surface area (TPSA) is 43.4 Å². The van der Waals surface area contributed by atoms with Gasteiger partial charge in [-0.2, -0.15) is 0 Å². The number of benzene rings is 1. The van der Waals surface area contributed by atoms with Crippen molar-refractivity contribution in [2.24, 2.45) is 0 Å². The number of nitrogens with one attached hydrogen (secondary N) is 1. The number of hydrogen-bond acceptors (Lipinski definition) is 5. The van der Waals surface area contributed by atoms with Gasteiger partial charge in [0, 0.05) is 49.8 Å². The average Bonchev–Trinajstić information content (AvgIpc) is 3.12. The van der Waals surface area contributed by atoms with Crippen molar-refractivity contribution in [2.45, 2.75) is 43.7 Å². The predicted octanol–water partition coefficient (Wildman–Crippen LogP) is 3.67. The van der Waals surface area contributed by atoms with E-state index in [4.69, 9.17) is 14.5 Å². The summed E-state index contributed by atoms with van der Waals surface area (Å²) in [7, 11) is 0. The van der Waals surface area contributed by atoms with Gasteiger partial charge >= 0.3 is 0 Å². The first-order valence-corrected chi connectivity index (χ1v) is 10.2. The molecule has 0 bridgehead atoms. The lowest BCUT2D eigenvalue weighted by molar-refractivity contribution is -0.140. The summed E-state index contributed by atoms with van der Waals surface area (Å²) >= 11 is 1.76. The maximum atomic E-state index is 6.12. The Kier molecular flexibility index (Phi) is 5.46. The molecule has 2 aliphatic rings. The molecule has 0 radical (unpaired) electrons. The standard InChI is InChI=1S/C20H26N2O2S/c1-2-4-16(5-3-1)18-15-25-19(22-18)6-10-21-17-7-11-24-20(14-17)8-12-23-13-9-20/h1-5,15,17,21H,6-14H2. The molecule has 134 valence electrons.